The molecule has 1 saturated heterocycles. The molecule has 2 aromatic carbocycles. The summed E-state index contributed by atoms with van der Waals surface area (Å²) >= 11 is 0. The summed E-state index contributed by atoms with van der Waals surface area (Å²) in [5.41, 5.74) is 2.54. The fourth-order valence-electron chi connectivity index (χ4n) is 3.68. The van der Waals surface area contributed by atoms with Crippen molar-refractivity contribution in [3.63, 3.8) is 0 Å². The van der Waals surface area contributed by atoms with Gasteiger partial charge in [0.1, 0.15) is 18.5 Å². The van der Waals surface area contributed by atoms with E-state index in [1.54, 1.807) is 6.08 Å². The Morgan fingerprint density at radius 1 is 1.26 bits per heavy atom. The quantitative estimate of drug-likeness (QED) is 0.787. The van der Waals surface area contributed by atoms with Crippen LogP contribution in [-0.2, 0) is 4.74 Å². The van der Waals surface area contributed by atoms with Gasteiger partial charge in [-0.25, -0.2) is 0 Å². The lowest BCUT2D eigenvalue weighted by Gasteiger charge is -2.39. The lowest BCUT2D eigenvalue weighted by atomic mass is 10.0. The maximum absolute atomic E-state index is 13.2. The number of rotatable bonds is 6. The van der Waals surface area contributed by atoms with E-state index in [1.165, 1.54) is 0 Å². The zero-order chi connectivity index (χ0) is 18.6. The average Bonchev–Trinajstić information content (AvgIpc) is 3.22. The number of carbonyl (C=O) groups excluding carboxylic acids is 1. The van der Waals surface area contributed by atoms with Crippen molar-refractivity contribution < 1.29 is 14.3 Å². The predicted molar refractivity (Wildman–Crippen MR) is 105 cm³/mol. The number of carbonyl (C=O) groups is 1. The topological polar surface area (TPSA) is 50.8 Å². The van der Waals surface area contributed by atoms with Crippen molar-refractivity contribution in [2.24, 2.45) is 0 Å². The van der Waals surface area contributed by atoms with Gasteiger partial charge < -0.3 is 19.7 Å². The van der Waals surface area contributed by atoms with Crippen molar-refractivity contribution in [3.05, 3.63) is 72.3 Å². The molecular formula is C22H24N2O3. The lowest BCUT2D eigenvalue weighted by Crippen LogP contribution is -2.46. The Morgan fingerprint density at radius 3 is 2.96 bits per heavy atom. The molecule has 0 aliphatic carbocycles. The zero-order valence-corrected chi connectivity index (χ0v) is 15.3. The van der Waals surface area contributed by atoms with Crippen LogP contribution < -0.4 is 10.1 Å². The molecule has 5 nitrogen and oxygen atoms in total. The smallest absolute Gasteiger partial charge is 0.257 e. The van der Waals surface area contributed by atoms with Gasteiger partial charge in [-0.05, 0) is 42.7 Å². The van der Waals surface area contributed by atoms with E-state index in [9.17, 15) is 4.79 Å². The van der Waals surface area contributed by atoms with Gasteiger partial charge in [0.05, 0.1) is 11.7 Å². The van der Waals surface area contributed by atoms with Crippen LogP contribution in [0.15, 0.2) is 61.2 Å². The van der Waals surface area contributed by atoms with E-state index in [0.29, 0.717) is 18.7 Å². The van der Waals surface area contributed by atoms with Crippen molar-refractivity contribution in [2.45, 2.75) is 25.1 Å². The van der Waals surface area contributed by atoms with Crippen LogP contribution in [0, 0.1) is 0 Å². The van der Waals surface area contributed by atoms with E-state index in [0.717, 1.165) is 36.4 Å². The molecule has 0 radical (unpaired) electrons. The third-order valence-corrected chi connectivity index (χ3v) is 4.99. The van der Waals surface area contributed by atoms with Gasteiger partial charge in [-0.1, -0.05) is 36.9 Å². The number of para-hydroxylation sites is 1. The summed E-state index contributed by atoms with van der Waals surface area (Å²) in [6, 6.07) is 15.5. The first-order valence-corrected chi connectivity index (χ1v) is 9.38. The summed E-state index contributed by atoms with van der Waals surface area (Å²) in [6.45, 7) is 5.48. The molecule has 1 N–H and O–H groups in total. The summed E-state index contributed by atoms with van der Waals surface area (Å²) in [7, 11) is 0. The van der Waals surface area contributed by atoms with Crippen LogP contribution in [-0.4, -0.2) is 36.7 Å². The molecule has 140 valence electrons. The predicted octanol–water partition coefficient (Wildman–Crippen LogP) is 4.00. The van der Waals surface area contributed by atoms with Crippen molar-refractivity contribution in [2.75, 3.05) is 25.1 Å². The van der Waals surface area contributed by atoms with Crippen LogP contribution in [0.3, 0.4) is 0 Å². The van der Waals surface area contributed by atoms with Crippen molar-refractivity contribution in [1.29, 1.82) is 0 Å². The minimum Gasteiger partial charge on any atom is -0.490 e. The highest BCUT2D eigenvalue weighted by atomic mass is 16.5. The minimum absolute atomic E-state index is 0.0299. The van der Waals surface area contributed by atoms with E-state index < -0.39 is 0 Å². The molecule has 1 fully saturated rings. The number of hydrogen-bond donors (Lipinski definition) is 1. The molecule has 0 bridgehead atoms. The summed E-state index contributed by atoms with van der Waals surface area (Å²) in [6.07, 6.45) is 3.58. The molecule has 1 amide bonds. The summed E-state index contributed by atoms with van der Waals surface area (Å²) < 4.78 is 11.5. The van der Waals surface area contributed by atoms with Crippen LogP contribution in [0.4, 0.5) is 5.69 Å². The van der Waals surface area contributed by atoms with Crippen LogP contribution in [0.5, 0.6) is 5.75 Å². The van der Waals surface area contributed by atoms with Gasteiger partial charge in [0, 0.05) is 18.8 Å². The highest BCUT2D eigenvalue weighted by Crippen LogP contribution is 2.35. The molecule has 2 aromatic rings. The van der Waals surface area contributed by atoms with Gasteiger partial charge in [-0.15, -0.1) is 0 Å². The number of amides is 1. The molecule has 2 aliphatic heterocycles. The first-order chi connectivity index (χ1) is 13.3. The molecular weight excluding hydrogens is 340 g/mol. The van der Waals surface area contributed by atoms with Gasteiger partial charge in [-0.3, -0.25) is 4.79 Å². The molecule has 0 spiro atoms. The number of nitrogens with zero attached hydrogens (tertiary/aromatic N) is 1. The molecule has 27 heavy (non-hydrogen) atoms. The first-order valence-electron chi connectivity index (χ1n) is 9.38. The number of hydrogen-bond acceptors (Lipinski definition) is 4. The Kier molecular flexibility index (Phi) is 5.12. The Labute approximate surface area is 159 Å². The molecule has 0 aromatic heterocycles. The average molecular weight is 364 g/mol. The second kappa shape index (κ2) is 7.84. The van der Waals surface area contributed by atoms with E-state index in [-0.39, 0.29) is 18.2 Å². The molecule has 4 rings (SSSR count). The van der Waals surface area contributed by atoms with Crippen LogP contribution in [0.25, 0.3) is 0 Å². The Morgan fingerprint density at radius 2 is 2.15 bits per heavy atom. The Hall–Kier alpha value is -2.79. The van der Waals surface area contributed by atoms with Gasteiger partial charge in [0.2, 0.25) is 0 Å². The molecule has 2 aliphatic rings. The second-order valence-corrected chi connectivity index (χ2v) is 6.86. The van der Waals surface area contributed by atoms with Gasteiger partial charge in [0.25, 0.3) is 5.91 Å². The number of ether oxygens (including phenoxy) is 2. The van der Waals surface area contributed by atoms with E-state index in [1.807, 2.05) is 53.4 Å². The molecule has 2 atom stereocenters. The normalized spacial score (nSPS) is 21.5. The summed E-state index contributed by atoms with van der Waals surface area (Å²) in [4.78, 5) is 15.1. The molecule has 5 heteroatoms. The SMILES string of the molecule is C=CCOc1cccc([C@H]2Nc3ccccc3C(=O)N2C[C@H]2CCCO2)c1. The third-order valence-electron chi connectivity index (χ3n) is 4.99. The Balaban J connectivity index is 1.67. The van der Waals surface area contributed by atoms with Gasteiger partial charge in [0.15, 0.2) is 0 Å². The standard InChI is InChI=1S/C22H24N2O3/c1-2-12-26-17-8-5-7-16(14-17)21-23-20-11-4-3-10-19(20)22(25)24(21)15-18-9-6-13-27-18/h2-5,7-8,10-11,14,18,21,23H,1,6,9,12-13,15H2/t18-,21+/m1/s1. The number of anilines is 1. The molecule has 0 unspecified atom stereocenters. The highest BCUT2D eigenvalue weighted by molar-refractivity contribution is 6.01. The summed E-state index contributed by atoms with van der Waals surface area (Å²) in [5.74, 6) is 0.792. The monoisotopic (exact) mass is 364 g/mol. The largest absolute Gasteiger partial charge is 0.490 e. The number of nitrogens with one attached hydrogen (secondary N) is 1. The highest BCUT2D eigenvalue weighted by Gasteiger charge is 2.35. The molecule has 0 saturated carbocycles. The van der Waals surface area contributed by atoms with Crippen molar-refractivity contribution in [1.82, 2.24) is 4.90 Å². The molecule has 2 heterocycles. The summed E-state index contributed by atoms with van der Waals surface area (Å²) in [5, 5.41) is 3.52. The fraction of sp³-hybridized carbons (Fsp3) is 0.318. The van der Waals surface area contributed by atoms with Gasteiger partial charge >= 0.3 is 0 Å². The first kappa shape index (κ1) is 17.6. The van der Waals surface area contributed by atoms with Crippen LogP contribution in [0.1, 0.15) is 34.9 Å². The third kappa shape index (κ3) is 3.69. The van der Waals surface area contributed by atoms with Crippen molar-refractivity contribution >= 4 is 11.6 Å². The Bertz CT molecular complexity index is 830. The van der Waals surface area contributed by atoms with Crippen LogP contribution >= 0.6 is 0 Å². The van der Waals surface area contributed by atoms with Crippen LogP contribution in [0.2, 0.25) is 0 Å². The van der Waals surface area contributed by atoms with E-state index in [2.05, 4.69) is 11.9 Å². The fourth-order valence-corrected chi connectivity index (χ4v) is 3.68. The maximum Gasteiger partial charge on any atom is 0.257 e. The van der Waals surface area contributed by atoms with Crippen molar-refractivity contribution in [3.8, 4) is 5.75 Å². The zero-order valence-electron chi connectivity index (χ0n) is 15.3. The maximum atomic E-state index is 13.2. The minimum atomic E-state index is -0.260. The number of benzene rings is 2. The number of fused-ring (bicyclic) bond motifs is 1. The second-order valence-electron chi connectivity index (χ2n) is 6.86. The van der Waals surface area contributed by atoms with E-state index in [4.69, 9.17) is 9.47 Å². The van der Waals surface area contributed by atoms with E-state index >= 15 is 0 Å². The lowest BCUT2D eigenvalue weighted by molar-refractivity contribution is 0.0426. The van der Waals surface area contributed by atoms with Gasteiger partial charge in [-0.2, -0.15) is 0 Å².